The normalized spacial score (nSPS) is 11.6. The van der Waals surface area contributed by atoms with Crippen LogP contribution < -0.4 is 5.32 Å². The first-order valence-electron chi connectivity index (χ1n) is 6.73. The molecule has 2 nitrogen and oxygen atoms in total. The van der Waals surface area contributed by atoms with Gasteiger partial charge in [-0.1, -0.05) is 67.9 Å². The minimum atomic E-state index is 0.0372. The topological polar surface area (TPSA) is 32.3 Å². The molecule has 0 saturated carbocycles. The zero-order valence-electron chi connectivity index (χ0n) is 11.9. The number of rotatable bonds is 5. The van der Waals surface area contributed by atoms with Gasteiger partial charge in [0.05, 0.1) is 5.02 Å². The minimum Gasteiger partial charge on any atom is -0.506 e. The van der Waals surface area contributed by atoms with Crippen LogP contribution >= 0.6 is 11.6 Å². The van der Waals surface area contributed by atoms with Crippen LogP contribution in [0.1, 0.15) is 25.0 Å². The summed E-state index contributed by atoms with van der Waals surface area (Å²) in [6, 6.07) is 15.8. The van der Waals surface area contributed by atoms with Gasteiger partial charge in [-0.05, 0) is 11.6 Å². The van der Waals surface area contributed by atoms with Crippen LogP contribution in [0.5, 0.6) is 5.75 Å². The molecule has 0 bridgehead atoms. The smallest absolute Gasteiger partial charge is 0.138 e. The number of halogens is 1. The number of hydrogen-bond donors (Lipinski definition) is 2. The molecule has 0 aromatic heterocycles. The Kier molecular flexibility index (Phi) is 4.69. The van der Waals surface area contributed by atoms with Gasteiger partial charge in [-0.25, -0.2) is 0 Å². The maximum absolute atomic E-state index is 9.87. The Hall–Kier alpha value is -1.51. The van der Waals surface area contributed by atoms with Gasteiger partial charge in [0.2, 0.25) is 0 Å². The molecule has 106 valence electrons. The standard InChI is InChI=1S/C17H20ClNO/c1-17(2,14-8-4-3-5-9-14)12-19-11-13-7-6-10-15(18)16(13)20/h3-10,19-20H,11-12H2,1-2H3. The molecule has 0 aliphatic heterocycles. The summed E-state index contributed by atoms with van der Waals surface area (Å²) in [5.41, 5.74) is 2.15. The van der Waals surface area contributed by atoms with Crippen molar-refractivity contribution in [3.63, 3.8) is 0 Å². The van der Waals surface area contributed by atoms with E-state index < -0.39 is 0 Å². The lowest BCUT2D eigenvalue weighted by Gasteiger charge is -2.26. The second kappa shape index (κ2) is 6.29. The van der Waals surface area contributed by atoms with Crippen LogP contribution in [0.2, 0.25) is 5.02 Å². The van der Waals surface area contributed by atoms with Crippen molar-refractivity contribution in [1.29, 1.82) is 0 Å². The van der Waals surface area contributed by atoms with Gasteiger partial charge >= 0.3 is 0 Å². The number of benzene rings is 2. The first-order valence-corrected chi connectivity index (χ1v) is 7.11. The summed E-state index contributed by atoms with van der Waals surface area (Å²) < 4.78 is 0. The number of nitrogens with one attached hydrogen (secondary N) is 1. The number of phenolic OH excluding ortho intramolecular Hbond substituents is 1. The van der Waals surface area contributed by atoms with Crippen LogP contribution in [-0.2, 0) is 12.0 Å². The molecule has 0 spiro atoms. The molecule has 2 aromatic carbocycles. The minimum absolute atomic E-state index is 0.0372. The largest absolute Gasteiger partial charge is 0.506 e. The molecule has 2 rings (SSSR count). The third kappa shape index (κ3) is 3.53. The lowest BCUT2D eigenvalue weighted by molar-refractivity contribution is 0.447. The van der Waals surface area contributed by atoms with Crippen molar-refractivity contribution in [3.8, 4) is 5.75 Å². The maximum atomic E-state index is 9.87. The lowest BCUT2D eigenvalue weighted by Crippen LogP contribution is -2.32. The lowest BCUT2D eigenvalue weighted by atomic mass is 9.84. The van der Waals surface area contributed by atoms with Crippen molar-refractivity contribution >= 4 is 11.6 Å². The van der Waals surface area contributed by atoms with Gasteiger partial charge in [0, 0.05) is 24.1 Å². The van der Waals surface area contributed by atoms with E-state index in [1.165, 1.54) is 5.56 Å². The van der Waals surface area contributed by atoms with Crippen molar-refractivity contribution < 1.29 is 5.11 Å². The maximum Gasteiger partial charge on any atom is 0.138 e. The third-order valence-electron chi connectivity index (χ3n) is 3.51. The Morgan fingerprint density at radius 1 is 1.05 bits per heavy atom. The van der Waals surface area contributed by atoms with Gasteiger partial charge in [-0.3, -0.25) is 0 Å². The molecule has 0 radical (unpaired) electrons. The molecule has 0 unspecified atom stereocenters. The van der Waals surface area contributed by atoms with Crippen molar-refractivity contribution in [1.82, 2.24) is 5.32 Å². The highest BCUT2D eigenvalue weighted by Gasteiger charge is 2.19. The number of phenols is 1. The third-order valence-corrected chi connectivity index (χ3v) is 3.81. The highest BCUT2D eigenvalue weighted by atomic mass is 35.5. The fraction of sp³-hybridized carbons (Fsp3) is 0.294. The monoisotopic (exact) mass is 289 g/mol. The van der Waals surface area contributed by atoms with E-state index >= 15 is 0 Å². The first kappa shape index (κ1) is 14.9. The fourth-order valence-corrected chi connectivity index (χ4v) is 2.40. The summed E-state index contributed by atoms with van der Waals surface area (Å²) in [7, 11) is 0. The number of hydrogen-bond acceptors (Lipinski definition) is 2. The van der Waals surface area contributed by atoms with Crippen LogP contribution in [0.15, 0.2) is 48.5 Å². The van der Waals surface area contributed by atoms with Crippen LogP contribution in [0.3, 0.4) is 0 Å². The van der Waals surface area contributed by atoms with Gasteiger partial charge in [-0.2, -0.15) is 0 Å². The second-order valence-electron chi connectivity index (χ2n) is 5.60. The summed E-state index contributed by atoms with van der Waals surface area (Å²) in [5, 5.41) is 13.7. The van der Waals surface area contributed by atoms with Crippen molar-refractivity contribution in [2.45, 2.75) is 25.8 Å². The average Bonchev–Trinajstić information content (AvgIpc) is 2.44. The van der Waals surface area contributed by atoms with E-state index in [1.54, 1.807) is 6.07 Å². The van der Waals surface area contributed by atoms with Gasteiger partial charge < -0.3 is 10.4 Å². The van der Waals surface area contributed by atoms with Crippen molar-refractivity contribution in [2.24, 2.45) is 0 Å². The molecule has 2 N–H and O–H groups in total. The Balaban J connectivity index is 1.97. The Morgan fingerprint density at radius 3 is 2.45 bits per heavy atom. The van der Waals surface area contributed by atoms with Crippen LogP contribution in [-0.4, -0.2) is 11.7 Å². The zero-order chi connectivity index (χ0) is 14.6. The van der Waals surface area contributed by atoms with E-state index in [1.807, 2.05) is 18.2 Å². The number of aromatic hydroxyl groups is 1. The molecule has 0 fully saturated rings. The van der Waals surface area contributed by atoms with Gasteiger partial charge in [-0.15, -0.1) is 0 Å². The summed E-state index contributed by atoms with van der Waals surface area (Å²) in [6.07, 6.45) is 0. The highest BCUT2D eigenvalue weighted by molar-refractivity contribution is 6.32. The van der Waals surface area contributed by atoms with E-state index in [0.717, 1.165) is 12.1 Å². The van der Waals surface area contributed by atoms with Crippen LogP contribution in [0.4, 0.5) is 0 Å². The molecule has 0 aliphatic carbocycles. The quantitative estimate of drug-likeness (QED) is 0.868. The van der Waals surface area contributed by atoms with Gasteiger partial charge in [0.1, 0.15) is 5.75 Å². The highest BCUT2D eigenvalue weighted by Crippen LogP contribution is 2.27. The molecule has 0 heterocycles. The van der Waals surface area contributed by atoms with E-state index in [2.05, 4.69) is 43.4 Å². The molecular weight excluding hydrogens is 270 g/mol. The molecule has 3 heteroatoms. The predicted octanol–water partition coefficient (Wildman–Crippen LogP) is 4.11. The summed E-state index contributed by atoms with van der Waals surface area (Å²) in [6.45, 7) is 5.83. The predicted molar refractivity (Wildman–Crippen MR) is 84.3 cm³/mol. The van der Waals surface area contributed by atoms with E-state index in [4.69, 9.17) is 11.6 Å². The zero-order valence-corrected chi connectivity index (χ0v) is 12.6. The SMILES string of the molecule is CC(C)(CNCc1cccc(Cl)c1O)c1ccccc1. The summed E-state index contributed by atoms with van der Waals surface area (Å²) in [4.78, 5) is 0. The summed E-state index contributed by atoms with van der Waals surface area (Å²) >= 11 is 5.90. The molecule has 0 atom stereocenters. The average molecular weight is 290 g/mol. The first-order chi connectivity index (χ1) is 9.50. The van der Waals surface area contributed by atoms with Crippen molar-refractivity contribution in [3.05, 3.63) is 64.7 Å². The Labute approximate surface area is 125 Å². The van der Waals surface area contributed by atoms with Gasteiger partial charge in [0.25, 0.3) is 0 Å². The number of para-hydroxylation sites is 1. The molecular formula is C17H20ClNO. The fourth-order valence-electron chi connectivity index (χ4n) is 2.20. The van der Waals surface area contributed by atoms with E-state index in [9.17, 15) is 5.11 Å². The van der Waals surface area contributed by atoms with Crippen LogP contribution in [0.25, 0.3) is 0 Å². The molecule has 0 amide bonds. The summed E-state index contributed by atoms with van der Waals surface area (Å²) in [5.74, 6) is 0.166. The van der Waals surface area contributed by atoms with Crippen molar-refractivity contribution in [2.75, 3.05) is 6.54 Å². The molecule has 0 saturated heterocycles. The second-order valence-corrected chi connectivity index (χ2v) is 6.01. The molecule has 0 aliphatic rings. The Bertz CT molecular complexity index is 566. The molecule has 20 heavy (non-hydrogen) atoms. The Morgan fingerprint density at radius 2 is 1.75 bits per heavy atom. The van der Waals surface area contributed by atoms with E-state index in [-0.39, 0.29) is 11.2 Å². The van der Waals surface area contributed by atoms with Crippen LogP contribution in [0, 0.1) is 0 Å². The van der Waals surface area contributed by atoms with Gasteiger partial charge in [0.15, 0.2) is 0 Å². The molecule has 2 aromatic rings. The van der Waals surface area contributed by atoms with E-state index in [0.29, 0.717) is 11.6 Å².